The van der Waals surface area contributed by atoms with Crippen LogP contribution in [0.2, 0.25) is 0 Å². The van der Waals surface area contributed by atoms with Crippen molar-refractivity contribution in [2.24, 2.45) is 23.7 Å². The number of rotatable bonds is 6. The van der Waals surface area contributed by atoms with Crippen LogP contribution in [0.3, 0.4) is 0 Å². The van der Waals surface area contributed by atoms with Gasteiger partial charge in [0.25, 0.3) is 0 Å². The van der Waals surface area contributed by atoms with Gasteiger partial charge in [-0.25, -0.2) is 9.59 Å². The SMILES string of the molecule is C=CC(=O)Oc1ccc(C2(c3ccc(OC(=O)C=C)cc3)C3CC4CC(C3)CC2C4)cc1. The van der Waals surface area contributed by atoms with Crippen molar-refractivity contribution >= 4 is 11.9 Å². The van der Waals surface area contributed by atoms with Gasteiger partial charge in [0, 0.05) is 17.6 Å². The standard InChI is InChI=1S/C28H28O4/c1-3-26(29)31-24-9-5-20(6-10-24)28(21-7-11-25(12-8-21)32-27(30)4-2)22-14-18-13-19(16-22)17-23(28)15-18/h3-12,18-19,22-23H,1-2,13-17H2. The largest absolute Gasteiger partial charge is 0.423 e. The summed E-state index contributed by atoms with van der Waals surface area (Å²) in [4.78, 5) is 23.2. The molecule has 0 aromatic heterocycles. The molecule has 4 aliphatic carbocycles. The minimum absolute atomic E-state index is 0.0740. The van der Waals surface area contributed by atoms with Crippen molar-refractivity contribution in [1.29, 1.82) is 0 Å². The number of esters is 2. The maximum absolute atomic E-state index is 11.6. The molecule has 4 nitrogen and oxygen atoms in total. The van der Waals surface area contributed by atoms with Gasteiger partial charge in [0.2, 0.25) is 0 Å². The van der Waals surface area contributed by atoms with E-state index in [1.165, 1.54) is 55.4 Å². The highest BCUT2D eigenvalue weighted by molar-refractivity contribution is 5.83. The summed E-state index contributed by atoms with van der Waals surface area (Å²) in [6.07, 6.45) is 8.76. The van der Waals surface area contributed by atoms with Crippen molar-refractivity contribution in [3.63, 3.8) is 0 Å². The van der Waals surface area contributed by atoms with E-state index in [0.717, 1.165) is 11.8 Å². The summed E-state index contributed by atoms with van der Waals surface area (Å²) in [5.41, 5.74) is 2.48. The summed E-state index contributed by atoms with van der Waals surface area (Å²) in [5.74, 6) is 3.01. The van der Waals surface area contributed by atoms with Crippen molar-refractivity contribution in [2.75, 3.05) is 0 Å². The molecule has 0 unspecified atom stereocenters. The number of hydrogen-bond acceptors (Lipinski definition) is 4. The van der Waals surface area contributed by atoms with Crippen LogP contribution >= 0.6 is 0 Å². The first-order chi connectivity index (χ1) is 15.5. The Morgan fingerprint density at radius 2 is 1.06 bits per heavy atom. The van der Waals surface area contributed by atoms with Crippen LogP contribution in [-0.4, -0.2) is 11.9 Å². The lowest BCUT2D eigenvalue weighted by atomic mass is 9.42. The van der Waals surface area contributed by atoms with Gasteiger partial charge < -0.3 is 9.47 Å². The molecule has 0 atom stereocenters. The Kier molecular flexibility index (Phi) is 5.24. The lowest BCUT2D eigenvalue weighted by molar-refractivity contribution is -0.129. The maximum Gasteiger partial charge on any atom is 0.335 e. The Morgan fingerprint density at radius 1 is 0.688 bits per heavy atom. The van der Waals surface area contributed by atoms with E-state index in [1.54, 1.807) is 0 Å². The lowest BCUT2D eigenvalue weighted by Crippen LogP contribution is -2.56. The first kappa shape index (κ1) is 20.7. The molecule has 4 fully saturated rings. The zero-order valence-corrected chi connectivity index (χ0v) is 18.2. The second kappa shape index (κ2) is 8.09. The normalized spacial score (nSPS) is 26.9. The predicted octanol–water partition coefficient (Wildman–Crippen LogP) is 5.61. The average Bonchev–Trinajstić information content (AvgIpc) is 2.80. The summed E-state index contributed by atoms with van der Waals surface area (Å²) >= 11 is 0. The minimum atomic E-state index is -0.452. The van der Waals surface area contributed by atoms with Crippen LogP contribution in [0, 0.1) is 23.7 Å². The first-order valence-electron chi connectivity index (χ1n) is 11.4. The van der Waals surface area contributed by atoms with E-state index in [0.29, 0.717) is 23.3 Å². The summed E-state index contributed by atoms with van der Waals surface area (Å²) in [6.45, 7) is 6.93. The molecule has 4 bridgehead atoms. The third-order valence-corrected chi connectivity index (χ3v) is 7.86. The van der Waals surface area contributed by atoms with Gasteiger partial charge in [0.05, 0.1) is 0 Å². The fourth-order valence-corrected chi connectivity index (χ4v) is 6.95. The van der Waals surface area contributed by atoms with E-state index in [1.807, 2.05) is 24.3 Å². The molecule has 2 aromatic carbocycles. The number of benzene rings is 2. The molecule has 0 radical (unpaired) electrons. The molecule has 0 aliphatic heterocycles. The zero-order chi connectivity index (χ0) is 22.3. The van der Waals surface area contributed by atoms with Crippen molar-refractivity contribution in [3.8, 4) is 11.5 Å². The van der Waals surface area contributed by atoms with Crippen LogP contribution in [-0.2, 0) is 15.0 Å². The molecule has 4 heteroatoms. The Labute approximate surface area is 188 Å². The maximum atomic E-state index is 11.6. The number of carbonyl (C=O) groups is 2. The van der Waals surface area contributed by atoms with E-state index < -0.39 is 11.9 Å². The van der Waals surface area contributed by atoms with Crippen LogP contribution < -0.4 is 9.47 Å². The number of carbonyl (C=O) groups excluding carboxylic acids is 2. The van der Waals surface area contributed by atoms with Gasteiger partial charge in [0.15, 0.2) is 0 Å². The monoisotopic (exact) mass is 428 g/mol. The summed E-state index contributed by atoms with van der Waals surface area (Å²) in [5, 5.41) is 0. The first-order valence-corrected chi connectivity index (χ1v) is 11.4. The fraction of sp³-hybridized carbons (Fsp3) is 0.357. The Balaban J connectivity index is 1.55. The molecule has 2 aromatic rings. The molecule has 0 N–H and O–H groups in total. The van der Waals surface area contributed by atoms with Gasteiger partial charge in [0.1, 0.15) is 11.5 Å². The average molecular weight is 429 g/mol. The van der Waals surface area contributed by atoms with E-state index in [9.17, 15) is 9.59 Å². The molecule has 164 valence electrons. The molecule has 4 saturated carbocycles. The van der Waals surface area contributed by atoms with Crippen molar-refractivity contribution < 1.29 is 19.1 Å². The quantitative estimate of drug-likeness (QED) is 0.341. The highest BCUT2D eigenvalue weighted by Gasteiger charge is 2.58. The molecule has 0 saturated heterocycles. The Morgan fingerprint density at radius 3 is 1.41 bits per heavy atom. The fourth-order valence-electron chi connectivity index (χ4n) is 6.95. The van der Waals surface area contributed by atoms with E-state index in [4.69, 9.17) is 9.47 Å². The molecular formula is C28H28O4. The molecule has 4 aliphatic rings. The van der Waals surface area contributed by atoms with Crippen LogP contribution in [0.15, 0.2) is 73.8 Å². The smallest absolute Gasteiger partial charge is 0.335 e. The highest BCUT2D eigenvalue weighted by Crippen LogP contribution is 2.65. The molecular weight excluding hydrogens is 400 g/mol. The Hall–Kier alpha value is -3.14. The molecule has 0 amide bonds. The third kappa shape index (κ3) is 3.38. The molecule has 6 rings (SSSR count). The van der Waals surface area contributed by atoms with E-state index in [-0.39, 0.29) is 5.41 Å². The van der Waals surface area contributed by atoms with Gasteiger partial charge in [-0.3, -0.25) is 0 Å². The van der Waals surface area contributed by atoms with Crippen LogP contribution in [0.4, 0.5) is 0 Å². The van der Waals surface area contributed by atoms with Gasteiger partial charge in [-0.15, -0.1) is 0 Å². The predicted molar refractivity (Wildman–Crippen MR) is 122 cm³/mol. The van der Waals surface area contributed by atoms with Gasteiger partial charge in [-0.1, -0.05) is 37.4 Å². The topological polar surface area (TPSA) is 52.6 Å². The van der Waals surface area contributed by atoms with E-state index in [2.05, 4.69) is 37.4 Å². The van der Waals surface area contributed by atoms with Crippen LogP contribution in [0.1, 0.15) is 43.2 Å². The third-order valence-electron chi connectivity index (χ3n) is 7.86. The zero-order valence-electron chi connectivity index (χ0n) is 18.2. The van der Waals surface area contributed by atoms with Crippen molar-refractivity contribution in [2.45, 2.75) is 37.5 Å². The van der Waals surface area contributed by atoms with Crippen molar-refractivity contribution in [3.05, 3.63) is 85.0 Å². The number of hydrogen-bond donors (Lipinski definition) is 0. The minimum Gasteiger partial charge on any atom is -0.423 e. The van der Waals surface area contributed by atoms with Gasteiger partial charge >= 0.3 is 11.9 Å². The summed E-state index contributed by atoms with van der Waals surface area (Å²) in [6, 6.07) is 16.1. The highest BCUT2D eigenvalue weighted by atomic mass is 16.5. The molecule has 0 spiro atoms. The van der Waals surface area contributed by atoms with Crippen LogP contribution in [0.25, 0.3) is 0 Å². The second-order valence-electron chi connectivity index (χ2n) is 9.47. The second-order valence-corrected chi connectivity index (χ2v) is 9.47. The van der Waals surface area contributed by atoms with Gasteiger partial charge in [-0.05, 0) is 91.2 Å². The lowest BCUT2D eigenvalue weighted by Gasteiger charge is -2.62. The molecule has 32 heavy (non-hydrogen) atoms. The summed E-state index contributed by atoms with van der Waals surface area (Å²) < 4.78 is 10.6. The van der Waals surface area contributed by atoms with Gasteiger partial charge in [-0.2, -0.15) is 0 Å². The van der Waals surface area contributed by atoms with E-state index >= 15 is 0 Å². The summed E-state index contributed by atoms with van der Waals surface area (Å²) in [7, 11) is 0. The van der Waals surface area contributed by atoms with Crippen molar-refractivity contribution in [1.82, 2.24) is 0 Å². The Bertz CT molecular complexity index is 952. The molecule has 0 heterocycles. The number of ether oxygens (including phenoxy) is 2. The van der Waals surface area contributed by atoms with Crippen LogP contribution in [0.5, 0.6) is 11.5 Å².